The number of alkyl halides is 3. The Kier molecular flexibility index (Phi) is 5.50. The number of nitrogens with one attached hydrogen (secondary N) is 1. The zero-order valence-electron chi connectivity index (χ0n) is 18.6. The fraction of sp³-hybridized carbons (Fsp3) is 0.652. The highest BCUT2D eigenvalue weighted by Gasteiger charge is 2.62. The molecule has 0 spiro atoms. The van der Waals surface area contributed by atoms with Gasteiger partial charge in [0, 0.05) is 29.5 Å². The lowest BCUT2D eigenvalue weighted by molar-refractivity contribution is -0.135. The Hall–Kier alpha value is -1.90. The molecule has 5 nitrogen and oxygen atoms in total. The Morgan fingerprint density at radius 1 is 1.19 bits per heavy atom. The summed E-state index contributed by atoms with van der Waals surface area (Å²) in [6.45, 7) is 6.45. The van der Waals surface area contributed by atoms with Gasteiger partial charge in [-0.2, -0.15) is 13.2 Å². The van der Waals surface area contributed by atoms with E-state index in [-0.39, 0.29) is 34.5 Å². The van der Waals surface area contributed by atoms with Gasteiger partial charge in [-0.15, -0.1) is 0 Å². The van der Waals surface area contributed by atoms with E-state index >= 15 is 0 Å². The molecular formula is C23H29F3N2O3S. The highest BCUT2D eigenvalue weighted by atomic mass is 32.2. The predicted molar refractivity (Wildman–Crippen MR) is 116 cm³/mol. The number of halogens is 3. The summed E-state index contributed by atoms with van der Waals surface area (Å²) in [6.07, 6.45) is -2.63. The molecule has 176 valence electrons. The van der Waals surface area contributed by atoms with Gasteiger partial charge in [-0.25, -0.2) is 8.42 Å². The number of rotatable bonds is 6. The molecule has 3 unspecified atom stereocenters. The van der Waals surface area contributed by atoms with Crippen LogP contribution in [0.25, 0.3) is 0 Å². The molecule has 1 N–H and O–H groups in total. The molecule has 1 aliphatic carbocycles. The molecule has 1 aromatic rings. The standard InChI is InChI=1S/C23H29F3N2O3S/c1-21(2,3)20-22(9-4-5-10-23(24,25)26)13-16(22)15-7-6-14(12-17(15)28-20)32(30,31)18-8-11-27-19(18)29/h6-7,12,16,18H,4-5,8-11,13H2,1-3H3,(H,27,29). The van der Waals surface area contributed by atoms with Gasteiger partial charge in [0.1, 0.15) is 5.25 Å². The lowest BCUT2D eigenvalue weighted by Gasteiger charge is -2.33. The third kappa shape index (κ3) is 4.08. The third-order valence-electron chi connectivity index (χ3n) is 6.90. The Morgan fingerprint density at radius 2 is 1.91 bits per heavy atom. The first-order chi connectivity index (χ1) is 14.8. The molecule has 32 heavy (non-hydrogen) atoms. The van der Waals surface area contributed by atoms with Crippen LogP contribution in [0.1, 0.15) is 70.8 Å². The molecular weight excluding hydrogens is 441 g/mol. The molecule has 3 aliphatic rings. The van der Waals surface area contributed by atoms with E-state index in [4.69, 9.17) is 4.99 Å². The first kappa shape index (κ1) is 23.3. The Bertz CT molecular complexity index is 1070. The number of hydrogen-bond donors (Lipinski definition) is 1. The van der Waals surface area contributed by atoms with Crippen LogP contribution >= 0.6 is 0 Å². The minimum atomic E-state index is -4.14. The first-order valence-electron chi connectivity index (χ1n) is 11.1. The second kappa shape index (κ2) is 7.57. The van der Waals surface area contributed by atoms with Gasteiger partial charge in [0.2, 0.25) is 5.91 Å². The summed E-state index contributed by atoms with van der Waals surface area (Å²) in [6, 6.07) is 4.89. The average molecular weight is 471 g/mol. The topological polar surface area (TPSA) is 75.6 Å². The van der Waals surface area contributed by atoms with Crippen molar-refractivity contribution in [3.05, 3.63) is 23.8 Å². The normalized spacial score (nSPS) is 27.4. The number of unbranched alkanes of at least 4 members (excludes halogenated alkanes) is 1. The lowest BCUT2D eigenvalue weighted by Crippen LogP contribution is -2.33. The second-order valence-corrected chi connectivity index (χ2v) is 12.4. The maximum atomic E-state index is 13.0. The number of carbonyl (C=O) groups is 1. The zero-order chi connectivity index (χ0) is 23.5. The van der Waals surface area contributed by atoms with E-state index in [0.717, 1.165) is 17.7 Å². The third-order valence-corrected chi connectivity index (χ3v) is 9.01. The zero-order valence-corrected chi connectivity index (χ0v) is 19.4. The van der Waals surface area contributed by atoms with Crippen LogP contribution < -0.4 is 5.32 Å². The fourth-order valence-electron chi connectivity index (χ4n) is 5.41. The molecule has 1 aromatic carbocycles. The van der Waals surface area contributed by atoms with Crippen LogP contribution in [0.5, 0.6) is 0 Å². The van der Waals surface area contributed by atoms with Gasteiger partial charge in [-0.3, -0.25) is 9.79 Å². The summed E-state index contributed by atoms with van der Waals surface area (Å²) in [4.78, 5) is 16.9. The van der Waals surface area contributed by atoms with Crippen LogP contribution in [-0.2, 0) is 14.6 Å². The summed E-state index contributed by atoms with van der Waals surface area (Å²) >= 11 is 0. The maximum absolute atomic E-state index is 13.0. The van der Waals surface area contributed by atoms with Crippen LogP contribution in [-0.4, -0.2) is 38.0 Å². The number of amides is 1. The van der Waals surface area contributed by atoms with Crippen molar-refractivity contribution < 1.29 is 26.4 Å². The lowest BCUT2D eigenvalue weighted by atomic mass is 9.74. The van der Waals surface area contributed by atoms with Crippen LogP contribution in [0.2, 0.25) is 0 Å². The van der Waals surface area contributed by atoms with Crippen molar-refractivity contribution in [1.82, 2.24) is 5.32 Å². The van der Waals surface area contributed by atoms with Crippen LogP contribution in [0, 0.1) is 10.8 Å². The number of carbonyl (C=O) groups excluding carboxylic acids is 1. The average Bonchev–Trinajstić information content (AvgIpc) is 3.26. The second-order valence-electron chi connectivity index (χ2n) is 10.3. The molecule has 2 aliphatic heterocycles. The number of hydrogen-bond acceptors (Lipinski definition) is 4. The van der Waals surface area contributed by atoms with E-state index < -0.39 is 33.6 Å². The largest absolute Gasteiger partial charge is 0.389 e. The van der Waals surface area contributed by atoms with Crippen molar-refractivity contribution in [3.63, 3.8) is 0 Å². The highest BCUT2D eigenvalue weighted by Crippen LogP contribution is 2.69. The van der Waals surface area contributed by atoms with Gasteiger partial charge in [-0.1, -0.05) is 33.3 Å². The molecule has 1 saturated heterocycles. The molecule has 3 atom stereocenters. The molecule has 4 rings (SSSR count). The summed E-state index contributed by atoms with van der Waals surface area (Å²) in [5.74, 6) is -0.330. The van der Waals surface area contributed by atoms with E-state index in [9.17, 15) is 26.4 Å². The highest BCUT2D eigenvalue weighted by molar-refractivity contribution is 7.92. The molecule has 0 radical (unpaired) electrons. The number of nitrogens with zero attached hydrogens (tertiary/aromatic N) is 1. The summed E-state index contributed by atoms with van der Waals surface area (Å²) in [5.41, 5.74) is 1.94. The van der Waals surface area contributed by atoms with E-state index in [2.05, 4.69) is 5.32 Å². The van der Waals surface area contributed by atoms with Gasteiger partial charge in [0.25, 0.3) is 0 Å². The summed E-state index contributed by atoms with van der Waals surface area (Å²) < 4.78 is 63.7. The number of aliphatic imine (C=N–C) groups is 1. The monoisotopic (exact) mass is 470 g/mol. The first-order valence-corrected chi connectivity index (χ1v) is 12.6. The minimum absolute atomic E-state index is 0.0913. The van der Waals surface area contributed by atoms with Crippen molar-refractivity contribution in [2.75, 3.05) is 6.54 Å². The molecule has 1 amide bonds. The fourth-order valence-corrected chi connectivity index (χ4v) is 7.06. The van der Waals surface area contributed by atoms with Gasteiger partial charge >= 0.3 is 6.18 Å². The molecule has 2 fully saturated rings. The van der Waals surface area contributed by atoms with Gasteiger partial charge < -0.3 is 5.32 Å². The molecule has 0 aromatic heterocycles. The minimum Gasteiger partial charge on any atom is -0.355 e. The van der Waals surface area contributed by atoms with E-state index in [0.29, 0.717) is 25.1 Å². The maximum Gasteiger partial charge on any atom is 0.389 e. The van der Waals surface area contributed by atoms with E-state index in [1.807, 2.05) is 20.8 Å². The number of sulfone groups is 1. The van der Waals surface area contributed by atoms with Gasteiger partial charge in [0.05, 0.1) is 10.6 Å². The SMILES string of the molecule is CC(C)(C)C1=Nc2cc(S(=O)(=O)C3CCNC3=O)ccc2C2CC12CCCCC(F)(F)F. The van der Waals surface area contributed by atoms with Crippen molar-refractivity contribution >= 4 is 27.1 Å². The quantitative estimate of drug-likeness (QED) is 0.590. The predicted octanol–water partition coefficient (Wildman–Crippen LogP) is 5.08. The molecule has 2 heterocycles. The van der Waals surface area contributed by atoms with Gasteiger partial charge in [-0.05, 0) is 49.3 Å². The van der Waals surface area contributed by atoms with Crippen LogP contribution in [0.4, 0.5) is 18.9 Å². The molecule has 0 bridgehead atoms. The van der Waals surface area contributed by atoms with Crippen molar-refractivity contribution in [1.29, 1.82) is 0 Å². The van der Waals surface area contributed by atoms with Crippen molar-refractivity contribution in [2.45, 2.75) is 81.5 Å². The Labute approximate surface area is 186 Å². The van der Waals surface area contributed by atoms with Gasteiger partial charge in [0.15, 0.2) is 9.84 Å². The molecule has 1 saturated carbocycles. The Morgan fingerprint density at radius 3 is 2.50 bits per heavy atom. The van der Waals surface area contributed by atoms with E-state index in [1.54, 1.807) is 18.2 Å². The van der Waals surface area contributed by atoms with Crippen LogP contribution in [0.3, 0.4) is 0 Å². The molecule has 9 heteroatoms. The van der Waals surface area contributed by atoms with E-state index in [1.165, 1.54) is 0 Å². The summed E-state index contributed by atoms with van der Waals surface area (Å²) in [7, 11) is -3.81. The Balaban J connectivity index is 1.64. The van der Waals surface area contributed by atoms with Crippen molar-refractivity contribution in [3.8, 4) is 0 Å². The van der Waals surface area contributed by atoms with Crippen molar-refractivity contribution in [2.24, 2.45) is 15.8 Å². The number of benzene rings is 1. The number of fused-ring (bicyclic) bond motifs is 3. The van der Waals surface area contributed by atoms with Crippen LogP contribution in [0.15, 0.2) is 28.1 Å². The smallest absolute Gasteiger partial charge is 0.355 e. The summed E-state index contributed by atoms with van der Waals surface area (Å²) in [5, 5.41) is 1.49.